The number of unbranched alkanes of at least 4 members (excludes halogenated alkanes) is 2. The molecule has 0 saturated carbocycles. The second kappa shape index (κ2) is 12.4. The molecule has 0 aliphatic heterocycles. The first kappa shape index (κ1) is 19.6. The molecule has 1 atom stereocenters. The molecule has 0 aromatic rings. The Morgan fingerprint density at radius 3 is 2.43 bits per heavy atom. The van der Waals surface area contributed by atoms with E-state index < -0.39 is 17.9 Å². The number of aliphatic carboxylic acids is 1. The van der Waals surface area contributed by atoms with Crippen LogP contribution in [-0.4, -0.2) is 48.2 Å². The predicted molar refractivity (Wildman–Crippen MR) is 83.2 cm³/mol. The van der Waals surface area contributed by atoms with Crippen molar-refractivity contribution in [3.05, 3.63) is 12.2 Å². The van der Waals surface area contributed by atoms with Crippen LogP contribution in [0.15, 0.2) is 12.2 Å². The number of hydrogen-bond donors (Lipinski definition) is 1. The summed E-state index contributed by atoms with van der Waals surface area (Å²) in [5, 5.41) is 9.10. The van der Waals surface area contributed by atoms with E-state index in [0.29, 0.717) is 13.2 Å². The zero-order valence-electron chi connectivity index (χ0n) is 13.5. The monoisotopic (exact) mass is 299 g/mol. The van der Waals surface area contributed by atoms with Crippen LogP contribution < -0.4 is 0 Å². The predicted octanol–water partition coefficient (Wildman–Crippen LogP) is 2.71. The van der Waals surface area contributed by atoms with E-state index in [4.69, 9.17) is 9.84 Å². The smallest absolute Gasteiger partial charge is 0.310 e. The molecule has 0 radical (unpaired) electrons. The fourth-order valence-electron chi connectivity index (χ4n) is 1.89. The Hall–Kier alpha value is -1.36. The molecule has 0 saturated heterocycles. The first-order chi connectivity index (χ1) is 10.0. The summed E-state index contributed by atoms with van der Waals surface area (Å²) in [5.74, 6) is -2.22. The summed E-state index contributed by atoms with van der Waals surface area (Å²) in [4.78, 5) is 24.9. The highest BCUT2D eigenvalue weighted by atomic mass is 16.5. The lowest BCUT2D eigenvalue weighted by Gasteiger charge is -2.17. The van der Waals surface area contributed by atoms with Gasteiger partial charge in [-0.15, -0.1) is 0 Å². The van der Waals surface area contributed by atoms with E-state index >= 15 is 0 Å². The fraction of sp³-hybridized carbons (Fsp3) is 0.750. The van der Waals surface area contributed by atoms with E-state index in [2.05, 4.69) is 11.8 Å². The molecule has 0 bridgehead atoms. The molecule has 0 amide bonds. The van der Waals surface area contributed by atoms with E-state index in [1.165, 1.54) is 0 Å². The Morgan fingerprint density at radius 2 is 1.90 bits per heavy atom. The minimum Gasteiger partial charge on any atom is -0.481 e. The van der Waals surface area contributed by atoms with Crippen molar-refractivity contribution in [1.29, 1.82) is 0 Å². The van der Waals surface area contributed by atoms with Gasteiger partial charge in [-0.25, -0.2) is 0 Å². The minimum atomic E-state index is -0.983. The van der Waals surface area contributed by atoms with Gasteiger partial charge in [0.1, 0.15) is 6.61 Å². The third kappa shape index (κ3) is 10.1. The normalized spacial score (nSPS) is 12.8. The van der Waals surface area contributed by atoms with Gasteiger partial charge in [0.05, 0.1) is 12.3 Å². The quantitative estimate of drug-likeness (QED) is 0.341. The maximum atomic E-state index is 11.7. The van der Waals surface area contributed by atoms with Crippen molar-refractivity contribution in [3.63, 3.8) is 0 Å². The SMILES string of the molecule is CCCCC=CC(CC(=O)OCCN(CC)CC)C(=O)O. The van der Waals surface area contributed by atoms with E-state index in [1.807, 2.05) is 19.9 Å². The first-order valence-electron chi connectivity index (χ1n) is 7.82. The number of rotatable bonds is 12. The maximum Gasteiger partial charge on any atom is 0.310 e. The summed E-state index contributed by atoms with van der Waals surface area (Å²) < 4.78 is 5.11. The van der Waals surface area contributed by atoms with Gasteiger partial charge in [-0.05, 0) is 19.5 Å². The molecule has 122 valence electrons. The Balaban J connectivity index is 4.11. The van der Waals surface area contributed by atoms with Gasteiger partial charge in [0.25, 0.3) is 0 Å². The van der Waals surface area contributed by atoms with Crippen molar-refractivity contribution in [3.8, 4) is 0 Å². The van der Waals surface area contributed by atoms with E-state index in [0.717, 1.165) is 32.4 Å². The summed E-state index contributed by atoms with van der Waals surface area (Å²) in [7, 11) is 0. The van der Waals surface area contributed by atoms with Crippen LogP contribution in [0.3, 0.4) is 0 Å². The number of hydrogen-bond acceptors (Lipinski definition) is 4. The van der Waals surface area contributed by atoms with Crippen LogP contribution in [0.25, 0.3) is 0 Å². The number of nitrogens with zero attached hydrogens (tertiary/aromatic N) is 1. The molecule has 0 aromatic heterocycles. The van der Waals surface area contributed by atoms with Gasteiger partial charge in [0.2, 0.25) is 0 Å². The first-order valence-corrected chi connectivity index (χ1v) is 7.82. The van der Waals surface area contributed by atoms with Gasteiger partial charge in [-0.2, -0.15) is 0 Å². The van der Waals surface area contributed by atoms with Crippen LogP contribution in [0.1, 0.15) is 46.5 Å². The van der Waals surface area contributed by atoms with Crippen molar-refractivity contribution >= 4 is 11.9 Å². The van der Waals surface area contributed by atoms with Gasteiger partial charge in [-0.1, -0.05) is 45.8 Å². The van der Waals surface area contributed by atoms with E-state index in [1.54, 1.807) is 6.08 Å². The molecule has 0 aromatic carbocycles. The van der Waals surface area contributed by atoms with E-state index in [-0.39, 0.29) is 6.42 Å². The average Bonchev–Trinajstić information content (AvgIpc) is 2.46. The van der Waals surface area contributed by atoms with Crippen molar-refractivity contribution in [2.45, 2.75) is 46.5 Å². The molecule has 0 heterocycles. The summed E-state index contributed by atoms with van der Waals surface area (Å²) in [6.07, 6.45) is 6.27. The number of carboxylic acids is 1. The lowest BCUT2D eigenvalue weighted by atomic mass is 10.0. The molecule has 0 aliphatic carbocycles. The lowest BCUT2D eigenvalue weighted by molar-refractivity contribution is -0.150. The molecule has 1 N–H and O–H groups in total. The second-order valence-corrected chi connectivity index (χ2v) is 4.97. The molecule has 21 heavy (non-hydrogen) atoms. The lowest BCUT2D eigenvalue weighted by Crippen LogP contribution is -2.28. The molecule has 5 heteroatoms. The van der Waals surface area contributed by atoms with Crippen molar-refractivity contribution in [2.75, 3.05) is 26.2 Å². The Kier molecular flexibility index (Phi) is 11.6. The minimum absolute atomic E-state index is 0.101. The topological polar surface area (TPSA) is 66.8 Å². The number of ether oxygens (including phenoxy) is 1. The van der Waals surface area contributed by atoms with Crippen LogP contribution in [-0.2, 0) is 14.3 Å². The fourth-order valence-corrected chi connectivity index (χ4v) is 1.89. The van der Waals surface area contributed by atoms with Crippen molar-refractivity contribution in [1.82, 2.24) is 4.90 Å². The zero-order chi connectivity index (χ0) is 16.1. The van der Waals surface area contributed by atoms with E-state index in [9.17, 15) is 9.59 Å². The largest absolute Gasteiger partial charge is 0.481 e. The molecule has 0 rings (SSSR count). The van der Waals surface area contributed by atoms with Crippen LogP contribution in [0.4, 0.5) is 0 Å². The molecule has 5 nitrogen and oxygen atoms in total. The number of likely N-dealkylation sites (N-methyl/N-ethyl adjacent to an activating group) is 1. The average molecular weight is 299 g/mol. The zero-order valence-corrected chi connectivity index (χ0v) is 13.5. The number of carboxylic acid groups (broad SMARTS) is 1. The van der Waals surface area contributed by atoms with Gasteiger partial charge in [0, 0.05) is 6.54 Å². The van der Waals surface area contributed by atoms with Crippen LogP contribution in [0.2, 0.25) is 0 Å². The third-order valence-corrected chi connectivity index (χ3v) is 3.36. The Morgan fingerprint density at radius 1 is 1.24 bits per heavy atom. The Bertz CT molecular complexity index is 324. The Labute approximate surface area is 128 Å². The van der Waals surface area contributed by atoms with Crippen molar-refractivity contribution < 1.29 is 19.4 Å². The molecular formula is C16H29NO4. The van der Waals surface area contributed by atoms with Crippen LogP contribution in [0, 0.1) is 5.92 Å². The standard InChI is InChI=1S/C16H29NO4/c1-4-7-8-9-10-14(16(19)20)13-15(18)21-12-11-17(5-2)6-3/h9-10,14H,4-8,11-13H2,1-3H3,(H,19,20). The third-order valence-electron chi connectivity index (χ3n) is 3.36. The van der Waals surface area contributed by atoms with Crippen LogP contribution >= 0.6 is 0 Å². The summed E-state index contributed by atoms with van der Waals surface area (Å²) >= 11 is 0. The number of carbonyl (C=O) groups excluding carboxylic acids is 1. The highest BCUT2D eigenvalue weighted by Gasteiger charge is 2.19. The summed E-state index contributed by atoms with van der Waals surface area (Å²) in [6.45, 7) is 8.99. The number of allylic oxidation sites excluding steroid dienone is 1. The van der Waals surface area contributed by atoms with Crippen molar-refractivity contribution in [2.24, 2.45) is 5.92 Å². The summed E-state index contributed by atoms with van der Waals surface area (Å²) in [5.41, 5.74) is 0. The van der Waals surface area contributed by atoms with Gasteiger partial charge < -0.3 is 14.7 Å². The number of carbonyl (C=O) groups is 2. The molecule has 1 unspecified atom stereocenters. The van der Waals surface area contributed by atoms with Crippen LogP contribution in [0.5, 0.6) is 0 Å². The van der Waals surface area contributed by atoms with Gasteiger partial charge in [0.15, 0.2) is 0 Å². The second-order valence-electron chi connectivity index (χ2n) is 4.97. The molecule has 0 spiro atoms. The highest BCUT2D eigenvalue weighted by Crippen LogP contribution is 2.09. The van der Waals surface area contributed by atoms with Gasteiger partial charge >= 0.3 is 11.9 Å². The molecular weight excluding hydrogens is 270 g/mol. The summed E-state index contributed by atoms with van der Waals surface area (Å²) in [6, 6.07) is 0. The molecule has 0 fully saturated rings. The highest BCUT2D eigenvalue weighted by molar-refractivity contribution is 5.80. The van der Waals surface area contributed by atoms with Gasteiger partial charge in [-0.3, -0.25) is 9.59 Å². The maximum absolute atomic E-state index is 11.7. The molecule has 0 aliphatic rings. The number of esters is 1.